The number of allylic oxidation sites excluding steroid dienone is 4. The van der Waals surface area contributed by atoms with Crippen LogP contribution in [0.1, 0.15) is 16.0 Å². The molecule has 96 valence electrons. The van der Waals surface area contributed by atoms with E-state index < -0.39 is 0 Å². The highest BCUT2D eigenvalue weighted by atomic mass is 32.1. The van der Waals surface area contributed by atoms with Gasteiger partial charge in [0.1, 0.15) is 0 Å². The van der Waals surface area contributed by atoms with Crippen LogP contribution in [-0.2, 0) is 6.42 Å². The average Bonchev–Trinajstić information content (AvgIpc) is 2.78. The molecule has 1 aromatic heterocycles. The van der Waals surface area contributed by atoms with E-state index in [2.05, 4.69) is 60.5 Å². The third-order valence-corrected chi connectivity index (χ3v) is 5.75. The quantitative estimate of drug-likeness (QED) is 0.756. The molecule has 0 radical (unpaired) electrons. The summed E-state index contributed by atoms with van der Waals surface area (Å²) in [5.41, 5.74) is 5.01. The lowest BCUT2D eigenvalue weighted by Crippen LogP contribution is -2.47. The van der Waals surface area contributed by atoms with Crippen molar-refractivity contribution in [3.8, 4) is 0 Å². The minimum absolute atomic E-state index is 0.173. The Hall–Kier alpha value is -2.06. The first kappa shape index (κ1) is 10.7. The van der Waals surface area contributed by atoms with Gasteiger partial charge in [-0.15, -0.1) is 11.3 Å². The summed E-state index contributed by atoms with van der Waals surface area (Å²) in [6, 6.07) is 6.87. The fraction of sp³-hybridized carbons (Fsp3) is 0.111. The number of fused-ring (bicyclic) bond motifs is 3. The molecule has 0 saturated carbocycles. The van der Waals surface area contributed by atoms with Crippen molar-refractivity contribution in [3.05, 3.63) is 71.2 Å². The summed E-state index contributed by atoms with van der Waals surface area (Å²) in [5, 5.41) is 5.12. The van der Waals surface area contributed by atoms with Crippen molar-refractivity contribution in [3.63, 3.8) is 0 Å². The number of nitrogens with one attached hydrogen (secondary N) is 1. The maximum atomic E-state index is 4.45. The molecule has 0 amide bonds. The molecule has 1 aliphatic carbocycles. The summed E-state index contributed by atoms with van der Waals surface area (Å²) in [6.07, 6.45) is 11.8. The predicted molar refractivity (Wildman–Crippen MR) is 86.7 cm³/mol. The van der Waals surface area contributed by atoms with Gasteiger partial charge in [0.15, 0.2) is 0 Å². The molecule has 1 unspecified atom stereocenters. The lowest BCUT2D eigenvalue weighted by molar-refractivity contribution is 0.581. The highest BCUT2D eigenvalue weighted by Crippen LogP contribution is 2.50. The minimum Gasteiger partial charge on any atom is -0.371 e. The zero-order chi connectivity index (χ0) is 13.3. The molecule has 2 aromatic rings. The van der Waals surface area contributed by atoms with Gasteiger partial charge in [-0.3, -0.25) is 0 Å². The van der Waals surface area contributed by atoms with Gasteiger partial charge in [-0.05, 0) is 29.3 Å². The number of benzene rings is 1. The summed E-state index contributed by atoms with van der Waals surface area (Å²) < 4.78 is 1.36. The largest absolute Gasteiger partial charge is 0.371 e. The van der Waals surface area contributed by atoms with Crippen molar-refractivity contribution in [2.75, 3.05) is 0 Å². The van der Waals surface area contributed by atoms with Gasteiger partial charge in [0, 0.05) is 22.1 Å². The van der Waals surface area contributed by atoms with Gasteiger partial charge in [0.05, 0.1) is 16.1 Å². The molecule has 2 aliphatic heterocycles. The highest BCUT2D eigenvalue weighted by molar-refractivity contribution is 7.20. The zero-order valence-corrected chi connectivity index (χ0v) is 11.8. The van der Waals surface area contributed by atoms with Crippen LogP contribution in [0.4, 0.5) is 0 Å². The second kappa shape index (κ2) is 3.33. The van der Waals surface area contributed by atoms with Crippen LogP contribution in [0.3, 0.4) is 0 Å². The molecular weight excluding hydrogens is 262 g/mol. The van der Waals surface area contributed by atoms with E-state index in [1.165, 1.54) is 37.4 Å². The number of hydrogen-bond donors (Lipinski definition) is 1. The highest BCUT2D eigenvalue weighted by Gasteiger charge is 2.41. The smallest absolute Gasteiger partial charge is 0.0854 e. The first-order valence-electron chi connectivity index (χ1n) is 6.87. The van der Waals surface area contributed by atoms with Crippen LogP contribution < -0.4 is 5.32 Å². The second-order valence-corrected chi connectivity index (χ2v) is 6.76. The molecule has 1 atom stereocenters. The Morgan fingerprint density at radius 3 is 3.10 bits per heavy atom. The van der Waals surface area contributed by atoms with Gasteiger partial charge in [-0.2, -0.15) is 0 Å². The molecular formula is C18H13NS. The van der Waals surface area contributed by atoms with Crippen molar-refractivity contribution in [1.29, 1.82) is 0 Å². The zero-order valence-electron chi connectivity index (χ0n) is 10.9. The van der Waals surface area contributed by atoms with Gasteiger partial charge < -0.3 is 5.32 Å². The second-order valence-electron chi connectivity index (χ2n) is 5.71. The molecule has 3 heterocycles. The first-order valence-corrected chi connectivity index (χ1v) is 7.68. The van der Waals surface area contributed by atoms with E-state index in [0.29, 0.717) is 0 Å². The monoisotopic (exact) mass is 275 g/mol. The normalized spacial score (nSPS) is 31.2. The average molecular weight is 275 g/mol. The van der Waals surface area contributed by atoms with E-state index in [0.717, 1.165) is 6.42 Å². The summed E-state index contributed by atoms with van der Waals surface area (Å²) in [5.74, 6) is 0. The van der Waals surface area contributed by atoms with Crippen molar-refractivity contribution in [2.45, 2.75) is 12.0 Å². The van der Waals surface area contributed by atoms with Crippen molar-refractivity contribution in [2.24, 2.45) is 0 Å². The molecule has 1 nitrogen and oxygen atoms in total. The fourth-order valence-electron chi connectivity index (χ4n) is 3.57. The van der Waals surface area contributed by atoms with Crippen LogP contribution in [0.15, 0.2) is 55.2 Å². The molecule has 5 rings (SSSR count). The third-order valence-electron chi connectivity index (χ3n) is 4.54. The molecule has 2 heteroatoms. The molecule has 5 bridgehead atoms. The summed E-state index contributed by atoms with van der Waals surface area (Å²) >= 11 is 1.86. The molecule has 0 saturated heterocycles. The molecule has 0 fully saturated rings. The van der Waals surface area contributed by atoms with Gasteiger partial charge in [-0.25, -0.2) is 0 Å². The molecule has 3 aliphatic rings. The van der Waals surface area contributed by atoms with Crippen LogP contribution in [0.5, 0.6) is 0 Å². The fourth-order valence-corrected chi connectivity index (χ4v) is 4.76. The van der Waals surface area contributed by atoms with E-state index in [1.807, 2.05) is 11.3 Å². The Morgan fingerprint density at radius 2 is 2.15 bits per heavy atom. The number of thiophene rings is 1. The summed E-state index contributed by atoms with van der Waals surface area (Å²) in [4.78, 5) is 1.33. The van der Waals surface area contributed by atoms with Crippen molar-refractivity contribution in [1.82, 2.24) is 5.32 Å². The predicted octanol–water partition coefficient (Wildman–Crippen LogP) is 4.28. The van der Waals surface area contributed by atoms with Crippen molar-refractivity contribution >= 4 is 32.7 Å². The van der Waals surface area contributed by atoms with Gasteiger partial charge >= 0.3 is 0 Å². The lowest BCUT2D eigenvalue weighted by atomic mass is 9.78. The van der Waals surface area contributed by atoms with Crippen LogP contribution in [0, 0.1) is 0 Å². The van der Waals surface area contributed by atoms with E-state index in [9.17, 15) is 0 Å². The van der Waals surface area contributed by atoms with Crippen LogP contribution in [0.2, 0.25) is 0 Å². The van der Waals surface area contributed by atoms with Gasteiger partial charge in [0.25, 0.3) is 0 Å². The standard InChI is InChI=1S/C18H13NS/c1-11-16-13-9-12-6-7-15(13)20-17(16)14-5-3-2-4-8-18(11,10-12)19-14/h2-9,19H,1,10H2/b3-2-,8-4+,14-5-. The van der Waals surface area contributed by atoms with E-state index >= 15 is 0 Å². The first-order chi connectivity index (χ1) is 9.77. The molecule has 1 spiro atoms. The molecule has 1 N–H and O–H groups in total. The Morgan fingerprint density at radius 1 is 1.20 bits per heavy atom. The van der Waals surface area contributed by atoms with Crippen LogP contribution in [0.25, 0.3) is 21.4 Å². The Balaban J connectivity index is 2.02. The minimum atomic E-state index is -0.173. The topological polar surface area (TPSA) is 12.0 Å². The third kappa shape index (κ3) is 1.14. The van der Waals surface area contributed by atoms with Gasteiger partial charge in [0.2, 0.25) is 0 Å². The molecule has 20 heavy (non-hydrogen) atoms. The van der Waals surface area contributed by atoms with Crippen molar-refractivity contribution < 1.29 is 0 Å². The summed E-state index contributed by atoms with van der Waals surface area (Å²) in [7, 11) is 0. The van der Waals surface area contributed by atoms with E-state index in [4.69, 9.17) is 0 Å². The lowest BCUT2D eigenvalue weighted by Gasteiger charge is -2.39. The number of rotatable bonds is 0. The Kier molecular flexibility index (Phi) is 1.78. The van der Waals surface area contributed by atoms with E-state index in [-0.39, 0.29) is 5.54 Å². The molecule has 1 aromatic carbocycles. The van der Waals surface area contributed by atoms with Crippen LogP contribution in [-0.4, -0.2) is 5.54 Å². The Labute approximate surface area is 121 Å². The maximum absolute atomic E-state index is 4.45. The van der Waals surface area contributed by atoms with E-state index in [1.54, 1.807) is 0 Å². The SMILES string of the molecule is C=C1c2c3sc4ccc(cc24)CC12/C=C/C=C\C=C\3N2. The number of hydrogen-bond acceptors (Lipinski definition) is 2. The Bertz CT molecular complexity index is 878. The van der Waals surface area contributed by atoms with Crippen LogP contribution >= 0.6 is 11.3 Å². The van der Waals surface area contributed by atoms with Gasteiger partial charge in [-0.1, -0.05) is 36.9 Å². The maximum Gasteiger partial charge on any atom is 0.0854 e. The summed E-state index contributed by atoms with van der Waals surface area (Å²) in [6.45, 7) is 4.45.